The Morgan fingerprint density at radius 2 is 2.13 bits per heavy atom. The van der Waals surface area contributed by atoms with Crippen molar-refractivity contribution in [2.24, 2.45) is 0 Å². The van der Waals surface area contributed by atoms with E-state index in [-0.39, 0.29) is 17.9 Å². The summed E-state index contributed by atoms with van der Waals surface area (Å²) in [7, 11) is 0. The summed E-state index contributed by atoms with van der Waals surface area (Å²) in [4.78, 5) is 21.0. The van der Waals surface area contributed by atoms with Crippen molar-refractivity contribution in [2.75, 3.05) is 11.5 Å². The standard InChI is InChI=1S/C9H13N5O/c1-4-7-6(3-14(4)5(2)15)8(10)13-9(11)12-7/h4H,3H2,1-2H3,(H4,10,11,12,13)/t4-/m1/s1. The molecule has 1 aliphatic heterocycles. The topological polar surface area (TPSA) is 98.1 Å². The Bertz CT molecular complexity index is 431. The summed E-state index contributed by atoms with van der Waals surface area (Å²) in [5.41, 5.74) is 12.8. The van der Waals surface area contributed by atoms with E-state index in [4.69, 9.17) is 11.5 Å². The molecule has 1 atom stereocenters. The smallest absolute Gasteiger partial charge is 0.222 e. The fraction of sp³-hybridized carbons (Fsp3) is 0.444. The molecule has 2 heterocycles. The lowest BCUT2D eigenvalue weighted by Crippen LogP contribution is -2.25. The van der Waals surface area contributed by atoms with Crippen LogP contribution in [0.1, 0.15) is 31.1 Å². The van der Waals surface area contributed by atoms with Gasteiger partial charge in [0.15, 0.2) is 0 Å². The molecule has 4 N–H and O–H groups in total. The van der Waals surface area contributed by atoms with Crippen LogP contribution < -0.4 is 11.5 Å². The number of hydrogen-bond donors (Lipinski definition) is 2. The largest absolute Gasteiger partial charge is 0.383 e. The van der Waals surface area contributed by atoms with Gasteiger partial charge in [0.05, 0.1) is 18.3 Å². The highest BCUT2D eigenvalue weighted by Crippen LogP contribution is 2.34. The summed E-state index contributed by atoms with van der Waals surface area (Å²) < 4.78 is 0. The third-order valence-electron chi connectivity index (χ3n) is 2.68. The van der Waals surface area contributed by atoms with Crippen molar-refractivity contribution < 1.29 is 4.79 Å². The van der Waals surface area contributed by atoms with Crippen LogP contribution in [0.25, 0.3) is 0 Å². The van der Waals surface area contributed by atoms with E-state index in [0.717, 1.165) is 11.3 Å². The summed E-state index contributed by atoms with van der Waals surface area (Å²) in [6.45, 7) is 3.90. The minimum absolute atomic E-state index is 0.00142. The molecule has 2 rings (SSSR count). The van der Waals surface area contributed by atoms with Crippen LogP contribution in [0.15, 0.2) is 0 Å². The molecular formula is C9H13N5O. The zero-order chi connectivity index (χ0) is 11.2. The molecule has 0 saturated heterocycles. The van der Waals surface area contributed by atoms with Gasteiger partial charge in [-0.2, -0.15) is 4.98 Å². The molecule has 0 aromatic carbocycles. The fourth-order valence-corrected chi connectivity index (χ4v) is 1.88. The number of aromatic nitrogens is 2. The van der Waals surface area contributed by atoms with E-state index in [1.807, 2.05) is 6.92 Å². The van der Waals surface area contributed by atoms with Gasteiger partial charge in [-0.25, -0.2) is 4.98 Å². The first-order chi connectivity index (χ1) is 7.00. The van der Waals surface area contributed by atoms with E-state index in [9.17, 15) is 4.79 Å². The molecule has 1 aromatic rings. The Kier molecular flexibility index (Phi) is 1.99. The number of nitrogens with zero attached hydrogens (tertiary/aromatic N) is 3. The van der Waals surface area contributed by atoms with Gasteiger partial charge in [-0.1, -0.05) is 0 Å². The number of amides is 1. The second-order valence-electron chi connectivity index (χ2n) is 3.65. The zero-order valence-electron chi connectivity index (χ0n) is 8.69. The maximum absolute atomic E-state index is 11.3. The number of carbonyl (C=O) groups is 1. The molecule has 1 aromatic heterocycles. The molecule has 15 heavy (non-hydrogen) atoms. The van der Waals surface area contributed by atoms with Gasteiger partial charge in [0.2, 0.25) is 11.9 Å². The van der Waals surface area contributed by atoms with Crippen molar-refractivity contribution in [3.8, 4) is 0 Å². The number of nitrogen functional groups attached to an aromatic ring is 2. The minimum Gasteiger partial charge on any atom is -0.383 e. The Morgan fingerprint density at radius 1 is 1.47 bits per heavy atom. The summed E-state index contributed by atoms with van der Waals surface area (Å²) in [6.07, 6.45) is 0. The third kappa shape index (κ3) is 1.38. The first-order valence-electron chi connectivity index (χ1n) is 4.69. The van der Waals surface area contributed by atoms with Crippen molar-refractivity contribution >= 4 is 17.7 Å². The lowest BCUT2D eigenvalue weighted by molar-refractivity contribution is -0.130. The molecule has 0 bridgehead atoms. The van der Waals surface area contributed by atoms with Crippen molar-refractivity contribution in [3.63, 3.8) is 0 Å². The number of fused-ring (bicyclic) bond motifs is 1. The molecule has 0 spiro atoms. The second-order valence-corrected chi connectivity index (χ2v) is 3.65. The lowest BCUT2D eigenvalue weighted by Gasteiger charge is -2.18. The monoisotopic (exact) mass is 207 g/mol. The first-order valence-corrected chi connectivity index (χ1v) is 4.69. The molecule has 0 saturated carbocycles. The fourth-order valence-electron chi connectivity index (χ4n) is 1.88. The molecule has 6 heteroatoms. The van der Waals surface area contributed by atoms with Gasteiger partial charge in [0.1, 0.15) is 5.82 Å². The Balaban J connectivity index is 2.49. The number of nitrogens with two attached hydrogens (primary N) is 2. The van der Waals surface area contributed by atoms with Gasteiger partial charge >= 0.3 is 0 Å². The van der Waals surface area contributed by atoms with Crippen molar-refractivity contribution in [2.45, 2.75) is 26.4 Å². The van der Waals surface area contributed by atoms with Crippen molar-refractivity contribution in [1.29, 1.82) is 0 Å². The number of anilines is 2. The van der Waals surface area contributed by atoms with Crippen LogP contribution >= 0.6 is 0 Å². The van der Waals surface area contributed by atoms with Gasteiger partial charge in [-0.15, -0.1) is 0 Å². The highest BCUT2D eigenvalue weighted by molar-refractivity contribution is 5.75. The van der Waals surface area contributed by atoms with Crippen LogP contribution in [0.2, 0.25) is 0 Å². The number of hydrogen-bond acceptors (Lipinski definition) is 5. The number of rotatable bonds is 0. The summed E-state index contributed by atoms with van der Waals surface area (Å²) in [6, 6.07) is -0.0786. The van der Waals surface area contributed by atoms with Crippen LogP contribution in [0.5, 0.6) is 0 Å². The van der Waals surface area contributed by atoms with E-state index in [2.05, 4.69) is 9.97 Å². The summed E-state index contributed by atoms with van der Waals surface area (Å²) in [5.74, 6) is 0.523. The molecule has 0 radical (unpaired) electrons. The molecule has 6 nitrogen and oxygen atoms in total. The number of carbonyl (C=O) groups excluding carboxylic acids is 1. The maximum Gasteiger partial charge on any atom is 0.222 e. The molecule has 1 aliphatic rings. The minimum atomic E-state index is -0.0786. The average molecular weight is 207 g/mol. The SMILES string of the molecule is CC(=O)N1Cc2c(N)nc(N)nc2[C@H]1C. The third-order valence-corrected chi connectivity index (χ3v) is 2.68. The van der Waals surface area contributed by atoms with Crippen LogP contribution in [-0.2, 0) is 11.3 Å². The predicted octanol–water partition coefficient (Wildman–Crippen LogP) is 0.0641. The zero-order valence-corrected chi connectivity index (χ0v) is 8.69. The van der Waals surface area contributed by atoms with E-state index in [1.54, 1.807) is 4.90 Å². The van der Waals surface area contributed by atoms with E-state index in [1.165, 1.54) is 6.92 Å². The molecule has 1 amide bonds. The van der Waals surface area contributed by atoms with Crippen LogP contribution in [-0.4, -0.2) is 20.8 Å². The Morgan fingerprint density at radius 3 is 2.73 bits per heavy atom. The molecule has 0 fully saturated rings. The second kappa shape index (κ2) is 3.08. The van der Waals surface area contributed by atoms with E-state index >= 15 is 0 Å². The van der Waals surface area contributed by atoms with Gasteiger partial charge < -0.3 is 16.4 Å². The summed E-state index contributed by atoms with van der Waals surface area (Å²) >= 11 is 0. The van der Waals surface area contributed by atoms with E-state index < -0.39 is 0 Å². The van der Waals surface area contributed by atoms with Crippen LogP contribution in [0.4, 0.5) is 11.8 Å². The van der Waals surface area contributed by atoms with Gasteiger partial charge in [-0.05, 0) is 6.92 Å². The van der Waals surface area contributed by atoms with Gasteiger partial charge in [-0.3, -0.25) is 4.79 Å². The Hall–Kier alpha value is -1.85. The van der Waals surface area contributed by atoms with Crippen molar-refractivity contribution in [3.05, 3.63) is 11.3 Å². The lowest BCUT2D eigenvalue weighted by atomic mass is 10.2. The highest BCUT2D eigenvalue weighted by Gasteiger charge is 2.32. The van der Waals surface area contributed by atoms with E-state index in [0.29, 0.717) is 12.4 Å². The quantitative estimate of drug-likeness (QED) is 0.627. The van der Waals surface area contributed by atoms with Crippen molar-refractivity contribution in [1.82, 2.24) is 14.9 Å². The predicted molar refractivity (Wildman–Crippen MR) is 55.5 cm³/mol. The normalized spacial score (nSPS) is 19.1. The Labute approximate surface area is 87.3 Å². The average Bonchev–Trinajstić information content (AvgIpc) is 2.44. The molecule has 80 valence electrons. The van der Waals surface area contributed by atoms with Gasteiger partial charge in [0, 0.05) is 12.5 Å². The van der Waals surface area contributed by atoms with Gasteiger partial charge in [0.25, 0.3) is 0 Å². The first kappa shape index (κ1) is 9.70. The molecule has 0 unspecified atom stereocenters. The molecular weight excluding hydrogens is 194 g/mol. The van der Waals surface area contributed by atoms with Crippen LogP contribution in [0.3, 0.4) is 0 Å². The van der Waals surface area contributed by atoms with Crippen LogP contribution in [0, 0.1) is 0 Å². The molecule has 0 aliphatic carbocycles. The highest BCUT2D eigenvalue weighted by atomic mass is 16.2. The summed E-state index contributed by atoms with van der Waals surface area (Å²) in [5, 5.41) is 0. The maximum atomic E-state index is 11.3.